The van der Waals surface area contributed by atoms with Crippen LogP contribution >= 0.6 is 19.2 Å². The van der Waals surface area contributed by atoms with Gasteiger partial charge in [-0.2, -0.15) is 0 Å². The molecule has 0 saturated carbocycles. The third kappa shape index (κ3) is 4.58. The molecule has 0 aliphatic heterocycles. The summed E-state index contributed by atoms with van der Waals surface area (Å²) in [5.41, 5.74) is -0.0882. The molecular weight excluding hydrogens is 293 g/mol. The third-order valence-electron chi connectivity index (χ3n) is 2.35. The van der Waals surface area contributed by atoms with Crippen LogP contribution in [0.2, 0.25) is 0 Å². The van der Waals surface area contributed by atoms with E-state index >= 15 is 0 Å². The molecule has 0 bridgehead atoms. The number of benzene rings is 1. The number of halogens is 1. The first-order valence-corrected chi connectivity index (χ1v) is 7.81. The Hall–Kier alpha value is -0.940. The third-order valence-corrected chi connectivity index (χ3v) is 4.54. The van der Waals surface area contributed by atoms with Crippen LogP contribution in [0.25, 0.3) is 0 Å². The monoisotopic (exact) mass is 307 g/mol. The average Bonchev–Trinajstić information content (AvgIpc) is 2.39. The van der Waals surface area contributed by atoms with E-state index in [2.05, 4.69) is 0 Å². The van der Waals surface area contributed by atoms with E-state index in [0.717, 1.165) is 12.8 Å². The van der Waals surface area contributed by atoms with Crippen LogP contribution in [0.3, 0.4) is 0 Å². The fourth-order valence-corrected chi connectivity index (χ4v) is 3.11. The van der Waals surface area contributed by atoms with Crippen molar-refractivity contribution in [2.45, 2.75) is 19.8 Å². The molecule has 0 aliphatic carbocycles. The highest BCUT2D eigenvalue weighted by Crippen LogP contribution is 2.47. The average molecular weight is 308 g/mol. The van der Waals surface area contributed by atoms with Crippen LogP contribution in [-0.2, 0) is 13.6 Å². The van der Waals surface area contributed by atoms with Crippen LogP contribution < -0.4 is 5.30 Å². The Morgan fingerprint density at radius 3 is 2.42 bits per heavy atom. The van der Waals surface area contributed by atoms with Gasteiger partial charge in [0.2, 0.25) is 0 Å². The summed E-state index contributed by atoms with van der Waals surface area (Å²) in [7, 11) is -3.51. The molecule has 1 atom stereocenters. The molecule has 0 fully saturated rings. The summed E-state index contributed by atoms with van der Waals surface area (Å²) in [6, 6.07) is 4.95. The topological polar surface area (TPSA) is 78.7 Å². The van der Waals surface area contributed by atoms with Crippen LogP contribution in [0.5, 0.6) is 0 Å². The van der Waals surface area contributed by atoms with Gasteiger partial charge in [-0.05, 0) is 18.6 Å². The lowest BCUT2D eigenvalue weighted by molar-refractivity contribution is -0.384. The lowest BCUT2D eigenvalue weighted by Gasteiger charge is -2.17. The first-order valence-electron chi connectivity index (χ1n) is 5.73. The molecule has 0 heterocycles. The zero-order valence-corrected chi connectivity index (χ0v) is 12.1. The zero-order valence-electron chi connectivity index (χ0n) is 10.5. The molecule has 0 N–H and O–H groups in total. The second kappa shape index (κ2) is 7.60. The van der Waals surface area contributed by atoms with Crippen molar-refractivity contribution < 1.29 is 18.5 Å². The van der Waals surface area contributed by atoms with Gasteiger partial charge >= 0.3 is 7.60 Å². The number of hydrogen-bond donors (Lipinski definition) is 0. The van der Waals surface area contributed by atoms with Gasteiger partial charge in [0.05, 0.1) is 16.8 Å². The van der Waals surface area contributed by atoms with E-state index in [1.165, 1.54) is 24.3 Å². The molecule has 0 radical (unpaired) electrons. The van der Waals surface area contributed by atoms with Crippen molar-refractivity contribution in [3.05, 3.63) is 34.4 Å². The zero-order chi connectivity index (χ0) is 14.3. The van der Waals surface area contributed by atoms with Gasteiger partial charge in [0, 0.05) is 12.1 Å². The number of unbranched alkanes of at least 4 members (excludes halogenated alkanes) is 1. The van der Waals surface area contributed by atoms with E-state index in [4.69, 9.17) is 20.6 Å². The molecule has 8 heteroatoms. The fraction of sp³-hybridized carbons (Fsp3) is 0.455. The summed E-state index contributed by atoms with van der Waals surface area (Å²) >= 11 is 5.45. The van der Waals surface area contributed by atoms with Gasteiger partial charge in [0.15, 0.2) is 0 Å². The molecule has 1 unspecified atom stereocenters. The Balaban J connectivity index is 2.91. The molecule has 19 heavy (non-hydrogen) atoms. The number of rotatable bonds is 8. The van der Waals surface area contributed by atoms with Gasteiger partial charge in [-0.1, -0.05) is 24.9 Å². The van der Waals surface area contributed by atoms with Gasteiger partial charge in [0.25, 0.3) is 5.69 Å². The largest absolute Gasteiger partial charge is 0.362 e. The van der Waals surface area contributed by atoms with Gasteiger partial charge in [0.1, 0.15) is 6.07 Å². The number of nitrogens with zero attached hydrogens (tertiary/aromatic N) is 1. The second-order valence-electron chi connectivity index (χ2n) is 3.70. The molecule has 6 nitrogen and oxygen atoms in total. The minimum Gasteiger partial charge on any atom is -0.305 e. The Kier molecular flexibility index (Phi) is 6.45. The SMILES string of the molecule is CCCCOP(=O)(OCCl)c1ccc([N+](=O)[O-])cc1. The first kappa shape index (κ1) is 16.1. The Bertz CT molecular complexity index is 465. The quantitative estimate of drug-likeness (QED) is 0.242. The van der Waals surface area contributed by atoms with Crippen molar-refractivity contribution >= 4 is 30.2 Å². The summed E-state index contributed by atoms with van der Waals surface area (Å²) in [4.78, 5) is 10.0. The second-order valence-corrected chi connectivity index (χ2v) is 5.94. The van der Waals surface area contributed by atoms with Gasteiger partial charge < -0.3 is 4.52 Å². The smallest absolute Gasteiger partial charge is 0.305 e. The van der Waals surface area contributed by atoms with Crippen molar-refractivity contribution in [3.63, 3.8) is 0 Å². The number of nitro benzene ring substituents is 1. The molecule has 1 aromatic rings. The highest BCUT2D eigenvalue weighted by molar-refractivity contribution is 7.62. The van der Waals surface area contributed by atoms with Crippen molar-refractivity contribution in [3.8, 4) is 0 Å². The summed E-state index contributed by atoms with van der Waals surface area (Å²) in [6.07, 6.45) is 1.63. The number of nitro groups is 1. The maximum absolute atomic E-state index is 12.5. The molecule has 0 amide bonds. The van der Waals surface area contributed by atoms with E-state index in [0.29, 0.717) is 0 Å². The van der Waals surface area contributed by atoms with Crippen LogP contribution in [0, 0.1) is 10.1 Å². The van der Waals surface area contributed by atoms with E-state index in [9.17, 15) is 14.7 Å². The van der Waals surface area contributed by atoms with E-state index in [1.807, 2.05) is 6.92 Å². The van der Waals surface area contributed by atoms with E-state index < -0.39 is 12.5 Å². The minimum atomic E-state index is -3.51. The van der Waals surface area contributed by atoms with Crippen molar-refractivity contribution in [1.29, 1.82) is 0 Å². The van der Waals surface area contributed by atoms with Gasteiger partial charge in [-0.25, -0.2) is 0 Å². The van der Waals surface area contributed by atoms with Crippen LogP contribution in [0.15, 0.2) is 24.3 Å². The standard InChI is InChI=1S/C11H15ClNO5P/c1-2-3-8-17-19(16,18-9-12)11-6-4-10(5-7-11)13(14)15/h4-7H,2-3,8-9H2,1H3. The summed E-state index contributed by atoms with van der Waals surface area (Å²) in [6.45, 7) is 2.25. The summed E-state index contributed by atoms with van der Waals surface area (Å²) < 4.78 is 22.7. The van der Waals surface area contributed by atoms with Crippen LogP contribution in [-0.4, -0.2) is 17.6 Å². The van der Waals surface area contributed by atoms with Crippen molar-refractivity contribution in [2.24, 2.45) is 0 Å². The highest BCUT2D eigenvalue weighted by Gasteiger charge is 2.27. The Morgan fingerprint density at radius 2 is 1.95 bits per heavy atom. The number of alkyl halides is 1. The molecule has 1 aromatic carbocycles. The fourth-order valence-electron chi connectivity index (χ4n) is 1.34. The summed E-state index contributed by atoms with van der Waals surface area (Å²) in [5.74, 6) is 0. The van der Waals surface area contributed by atoms with Crippen molar-refractivity contribution in [2.75, 3.05) is 12.7 Å². The Labute approximate surface area is 116 Å². The number of non-ortho nitro benzene ring substituents is 1. The van der Waals surface area contributed by atoms with E-state index in [1.54, 1.807) is 0 Å². The molecule has 106 valence electrons. The van der Waals surface area contributed by atoms with Crippen LogP contribution in [0.4, 0.5) is 5.69 Å². The molecular formula is C11H15ClNO5P. The number of hydrogen-bond acceptors (Lipinski definition) is 5. The maximum Gasteiger partial charge on any atom is 0.362 e. The lowest BCUT2D eigenvalue weighted by atomic mass is 10.3. The van der Waals surface area contributed by atoms with E-state index in [-0.39, 0.29) is 23.7 Å². The maximum atomic E-state index is 12.5. The van der Waals surface area contributed by atoms with Crippen molar-refractivity contribution in [1.82, 2.24) is 0 Å². The first-order chi connectivity index (χ1) is 9.03. The predicted octanol–water partition coefficient (Wildman–Crippen LogP) is 3.44. The molecule has 0 aromatic heterocycles. The lowest BCUT2D eigenvalue weighted by Crippen LogP contribution is -2.11. The van der Waals surface area contributed by atoms with Gasteiger partial charge in [-0.15, -0.1) is 0 Å². The molecule has 0 spiro atoms. The predicted molar refractivity (Wildman–Crippen MR) is 73.0 cm³/mol. The summed E-state index contributed by atoms with van der Waals surface area (Å²) in [5, 5.41) is 10.8. The molecule has 0 saturated heterocycles. The highest BCUT2D eigenvalue weighted by atomic mass is 35.5. The van der Waals surface area contributed by atoms with Gasteiger partial charge in [-0.3, -0.25) is 19.2 Å². The molecule has 1 rings (SSSR count). The minimum absolute atomic E-state index is 0.0882. The normalized spacial score (nSPS) is 14.0. The van der Waals surface area contributed by atoms with Crippen LogP contribution in [0.1, 0.15) is 19.8 Å². The molecule has 0 aliphatic rings. The Morgan fingerprint density at radius 1 is 1.32 bits per heavy atom.